The molecule has 1 aliphatic rings. The monoisotopic (exact) mass is 141 g/mol. The van der Waals surface area contributed by atoms with Crippen molar-refractivity contribution in [3.63, 3.8) is 0 Å². The van der Waals surface area contributed by atoms with Crippen LogP contribution < -0.4 is 0 Å². The van der Waals surface area contributed by atoms with Crippen LogP contribution in [0.15, 0.2) is 0 Å². The van der Waals surface area contributed by atoms with Crippen molar-refractivity contribution in [2.24, 2.45) is 5.92 Å². The molecule has 0 aromatic heterocycles. The summed E-state index contributed by atoms with van der Waals surface area (Å²) >= 11 is 0. The van der Waals surface area contributed by atoms with Gasteiger partial charge in [0.2, 0.25) is 0 Å². The summed E-state index contributed by atoms with van der Waals surface area (Å²) in [4.78, 5) is 13.2. The molecule has 1 fully saturated rings. The number of carbonyl (C=O) groups is 1. The van der Waals surface area contributed by atoms with Crippen LogP contribution in [0.25, 0.3) is 0 Å². The third kappa shape index (κ3) is 1.21. The Morgan fingerprint density at radius 1 is 1.60 bits per heavy atom. The number of carbonyl (C=O) groups excluding carboxylic acids is 1. The lowest BCUT2D eigenvalue weighted by Crippen LogP contribution is -2.34. The van der Waals surface area contributed by atoms with E-state index < -0.39 is 0 Å². The molecule has 0 saturated carbocycles. The second-order valence-corrected chi connectivity index (χ2v) is 3.30. The fourth-order valence-electron chi connectivity index (χ4n) is 1.85. The van der Waals surface area contributed by atoms with Gasteiger partial charge in [0, 0.05) is 0 Å². The smallest absolute Gasteiger partial charge is 0.147 e. The third-order valence-electron chi connectivity index (χ3n) is 2.37. The molecule has 0 bridgehead atoms. The highest BCUT2D eigenvalue weighted by Gasteiger charge is 2.31. The van der Waals surface area contributed by atoms with Gasteiger partial charge in [-0.3, -0.25) is 9.69 Å². The molecule has 0 amide bonds. The summed E-state index contributed by atoms with van der Waals surface area (Å²) in [6.45, 7) is 4.91. The lowest BCUT2D eigenvalue weighted by Gasteiger charge is -2.18. The Kier molecular flexibility index (Phi) is 2.09. The van der Waals surface area contributed by atoms with E-state index in [-0.39, 0.29) is 6.04 Å². The van der Waals surface area contributed by atoms with Gasteiger partial charge in [0.25, 0.3) is 0 Å². The van der Waals surface area contributed by atoms with Gasteiger partial charge >= 0.3 is 0 Å². The molecule has 10 heavy (non-hydrogen) atoms. The number of nitrogens with zero attached hydrogens (tertiary/aromatic N) is 1. The minimum atomic E-state index is 0.194. The maximum absolute atomic E-state index is 11.0. The standard InChI is InChI=1S/C8H15NO/c1-6-4-5-9(3)8(6)7(2)10/h6,8H,4-5H2,1-3H3/t6-,8+/m1/s1. The molecule has 0 N–H and O–H groups in total. The van der Waals surface area contributed by atoms with Gasteiger partial charge in [-0.1, -0.05) is 6.92 Å². The van der Waals surface area contributed by atoms with E-state index in [1.807, 2.05) is 7.05 Å². The predicted molar refractivity (Wildman–Crippen MR) is 40.9 cm³/mol. The number of rotatable bonds is 1. The molecule has 0 unspecified atom stereocenters. The van der Waals surface area contributed by atoms with Gasteiger partial charge in [-0.05, 0) is 32.9 Å². The van der Waals surface area contributed by atoms with Crippen molar-refractivity contribution >= 4 is 5.78 Å². The number of likely N-dealkylation sites (N-methyl/N-ethyl adjacent to an activating group) is 1. The van der Waals surface area contributed by atoms with E-state index >= 15 is 0 Å². The lowest BCUT2D eigenvalue weighted by atomic mass is 10.0. The quantitative estimate of drug-likeness (QED) is 0.541. The van der Waals surface area contributed by atoms with E-state index in [9.17, 15) is 4.79 Å². The highest BCUT2D eigenvalue weighted by atomic mass is 16.1. The summed E-state index contributed by atoms with van der Waals surface area (Å²) in [5.41, 5.74) is 0. The van der Waals surface area contributed by atoms with Gasteiger partial charge in [-0.15, -0.1) is 0 Å². The summed E-state index contributed by atoms with van der Waals surface area (Å²) in [6, 6.07) is 0.194. The summed E-state index contributed by atoms with van der Waals surface area (Å²) in [5.74, 6) is 0.870. The number of ketones is 1. The summed E-state index contributed by atoms with van der Waals surface area (Å²) in [6.07, 6.45) is 1.17. The third-order valence-corrected chi connectivity index (χ3v) is 2.37. The van der Waals surface area contributed by atoms with Crippen LogP contribution in [0.2, 0.25) is 0 Å². The van der Waals surface area contributed by atoms with Gasteiger partial charge < -0.3 is 0 Å². The molecular weight excluding hydrogens is 126 g/mol. The summed E-state index contributed by atoms with van der Waals surface area (Å²) in [5, 5.41) is 0. The molecule has 58 valence electrons. The van der Waals surface area contributed by atoms with E-state index in [0.29, 0.717) is 11.7 Å². The van der Waals surface area contributed by atoms with Gasteiger partial charge in [-0.25, -0.2) is 0 Å². The highest BCUT2D eigenvalue weighted by molar-refractivity contribution is 5.82. The van der Waals surface area contributed by atoms with E-state index in [1.165, 1.54) is 6.42 Å². The highest BCUT2D eigenvalue weighted by Crippen LogP contribution is 2.22. The van der Waals surface area contributed by atoms with Crippen LogP contribution >= 0.6 is 0 Å². The van der Waals surface area contributed by atoms with Crippen molar-refractivity contribution in [1.82, 2.24) is 4.90 Å². The first-order chi connectivity index (χ1) is 4.63. The predicted octanol–water partition coefficient (Wildman–Crippen LogP) is 0.916. The van der Waals surface area contributed by atoms with Crippen molar-refractivity contribution in [3.8, 4) is 0 Å². The van der Waals surface area contributed by atoms with Crippen LogP contribution in [0.5, 0.6) is 0 Å². The molecule has 1 aliphatic heterocycles. The average Bonchev–Trinajstić information content (AvgIpc) is 2.11. The Hall–Kier alpha value is -0.370. The Morgan fingerprint density at radius 3 is 2.40 bits per heavy atom. The van der Waals surface area contributed by atoms with Gasteiger partial charge in [0.1, 0.15) is 5.78 Å². The minimum Gasteiger partial charge on any atom is -0.298 e. The van der Waals surface area contributed by atoms with Crippen LogP contribution in [0, 0.1) is 5.92 Å². The summed E-state index contributed by atoms with van der Waals surface area (Å²) < 4.78 is 0. The van der Waals surface area contributed by atoms with Crippen LogP contribution in [-0.4, -0.2) is 30.3 Å². The number of likely N-dealkylation sites (tertiary alicyclic amines) is 1. The Labute approximate surface area is 62.2 Å². The fraction of sp³-hybridized carbons (Fsp3) is 0.875. The van der Waals surface area contributed by atoms with E-state index in [2.05, 4.69) is 11.8 Å². The first-order valence-electron chi connectivity index (χ1n) is 3.83. The maximum atomic E-state index is 11.0. The second-order valence-electron chi connectivity index (χ2n) is 3.30. The molecule has 2 nitrogen and oxygen atoms in total. The molecule has 2 atom stereocenters. The van der Waals surface area contributed by atoms with Crippen molar-refractivity contribution < 1.29 is 4.79 Å². The molecule has 1 heterocycles. The van der Waals surface area contributed by atoms with Crippen LogP contribution in [0.4, 0.5) is 0 Å². The van der Waals surface area contributed by atoms with Crippen LogP contribution in [0.1, 0.15) is 20.3 Å². The Morgan fingerprint density at radius 2 is 2.20 bits per heavy atom. The zero-order valence-electron chi connectivity index (χ0n) is 6.92. The van der Waals surface area contributed by atoms with Crippen LogP contribution in [-0.2, 0) is 4.79 Å². The lowest BCUT2D eigenvalue weighted by molar-refractivity contribution is -0.121. The maximum Gasteiger partial charge on any atom is 0.147 e. The second kappa shape index (κ2) is 2.70. The van der Waals surface area contributed by atoms with E-state index in [4.69, 9.17) is 0 Å². The molecule has 1 saturated heterocycles. The number of Topliss-reactive ketones (excluding diaryl/α,β-unsaturated/α-hetero) is 1. The van der Waals surface area contributed by atoms with Gasteiger partial charge in [0.05, 0.1) is 6.04 Å². The SMILES string of the molecule is CC(=O)[C@@H]1[C@H](C)CCN1C. The Bertz CT molecular complexity index is 134. The van der Waals surface area contributed by atoms with Crippen molar-refractivity contribution in [2.45, 2.75) is 26.3 Å². The fourth-order valence-corrected chi connectivity index (χ4v) is 1.85. The van der Waals surface area contributed by atoms with Crippen molar-refractivity contribution in [2.75, 3.05) is 13.6 Å². The largest absolute Gasteiger partial charge is 0.298 e. The van der Waals surface area contributed by atoms with Gasteiger partial charge in [-0.2, -0.15) is 0 Å². The molecular formula is C8H15NO. The molecule has 1 rings (SSSR count). The molecule has 0 spiro atoms. The first-order valence-corrected chi connectivity index (χ1v) is 3.83. The topological polar surface area (TPSA) is 20.3 Å². The Balaban J connectivity index is 2.63. The van der Waals surface area contributed by atoms with Gasteiger partial charge in [0.15, 0.2) is 0 Å². The minimum absolute atomic E-state index is 0.194. The van der Waals surface area contributed by atoms with Crippen LogP contribution in [0.3, 0.4) is 0 Å². The van der Waals surface area contributed by atoms with Crippen molar-refractivity contribution in [3.05, 3.63) is 0 Å². The zero-order valence-corrected chi connectivity index (χ0v) is 6.92. The normalized spacial score (nSPS) is 34.7. The zero-order chi connectivity index (χ0) is 7.72. The molecule has 0 aliphatic carbocycles. The first kappa shape index (κ1) is 7.73. The summed E-state index contributed by atoms with van der Waals surface area (Å²) in [7, 11) is 2.02. The molecule has 0 aromatic rings. The van der Waals surface area contributed by atoms with E-state index in [0.717, 1.165) is 6.54 Å². The molecule has 2 heteroatoms. The molecule has 0 aromatic carbocycles. The average molecular weight is 141 g/mol. The van der Waals surface area contributed by atoms with E-state index in [1.54, 1.807) is 6.92 Å². The van der Waals surface area contributed by atoms with Crippen molar-refractivity contribution in [1.29, 1.82) is 0 Å². The molecule has 0 radical (unpaired) electrons. The number of hydrogen-bond donors (Lipinski definition) is 0. The number of hydrogen-bond acceptors (Lipinski definition) is 2.